The molecule has 0 fully saturated rings. The molecule has 1 unspecified atom stereocenters. The summed E-state index contributed by atoms with van der Waals surface area (Å²) in [7, 11) is 1.65. The Morgan fingerprint density at radius 1 is 1.33 bits per heavy atom. The van der Waals surface area contributed by atoms with Crippen LogP contribution in [0.1, 0.15) is 25.0 Å². The van der Waals surface area contributed by atoms with Gasteiger partial charge in [-0.15, -0.1) is 0 Å². The fourth-order valence-corrected chi connectivity index (χ4v) is 1.47. The summed E-state index contributed by atoms with van der Waals surface area (Å²) < 4.78 is 5.03. The lowest BCUT2D eigenvalue weighted by Crippen LogP contribution is -2.07. The van der Waals surface area contributed by atoms with E-state index in [0.29, 0.717) is 0 Å². The highest BCUT2D eigenvalue weighted by Crippen LogP contribution is 2.08. The van der Waals surface area contributed by atoms with Gasteiger partial charge in [0.2, 0.25) is 0 Å². The van der Waals surface area contributed by atoms with E-state index in [0.717, 1.165) is 12.3 Å². The van der Waals surface area contributed by atoms with Gasteiger partial charge in [-0.25, -0.2) is 0 Å². The minimum atomic E-state index is 0.271. The van der Waals surface area contributed by atoms with Crippen LogP contribution in [0.15, 0.2) is 29.3 Å². The van der Waals surface area contributed by atoms with Gasteiger partial charge >= 0.3 is 0 Å². The lowest BCUT2D eigenvalue weighted by molar-refractivity contribution is 0.394. The molecule has 82 valence electrons. The van der Waals surface area contributed by atoms with Gasteiger partial charge in [0, 0.05) is 6.92 Å². The van der Waals surface area contributed by atoms with Gasteiger partial charge < -0.3 is 4.74 Å². The first kappa shape index (κ1) is 11.8. The third-order valence-electron chi connectivity index (χ3n) is 2.35. The van der Waals surface area contributed by atoms with Crippen molar-refractivity contribution in [3.05, 3.63) is 35.4 Å². The highest BCUT2D eigenvalue weighted by atomic mass is 16.5. The van der Waals surface area contributed by atoms with Crippen molar-refractivity contribution in [2.75, 3.05) is 7.11 Å². The lowest BCUT2D eigenvalue weighted by atomic mass is 10.1. The van der Waals surface area contributed by atoms with Crippen molar-refractivity contribution in [1.29, 1.82) is 0 Å². The van der Waals surface area contributed by atoms with Crippen LogP contribution in [-0.4, -0.2) is 19.0 Å². The molecule has 0 aromatic heterocycles. The highest BCUT2D eigenvalue weighted by molar-refractivity contribution is 5.73. The molecule has 0 heterocycles. The number of methoxy groups -OCH3 is 1. The van der Waals surface area contributed by atoms with Gasteiger partial charge in [0.05, 0.1) is 13.2 Å². The first-order valence-corrected chi connectivity index (χ1v) is 5.25. The minimum absolute atomic E-state index is 0.271. The standard InChI is InChI=1S/C13H19NO/c1-10-5-7-13(8-6-10)9-11(2)14-12(3)15-4/h5-8,11H,9H2,1-4H3. The van der Waals surface area contributed by atoms with Crippen molar-refractivity contribution >= 4 is 5.90 Å². The molecule has 0 radical (unpaired) electrons. The van der Waals surface area contributed by atoms with Crippen LogP contribution in [0.4, 0.5) is 0 Å². The van der Waals surface area contributed by atoms with Gasteiger partial charge in [-0.1, -0.05) is 29.8 Å². The topological polar surface area (TPSA) is 21.6 Å². The molecule has 0 aliphatic heterocycles. The Kier molecular flexibility index (Phi) is 4.35. The summed E-state index contributed by atoms with van der Waals surface area (Å²) in [5, 5.41) is 0. The fraction of sp³-hybridized carbons (Fsp3) is 0.462. The molecule has 0 amide bonds. The Morgan fingerprint density at radius 2 is 1.93 bits per heavy atom. The second-order valence-electron chi connectivity index (χ2n) is 3.89. The van der Waals surface area contributed by atoms with Crippen LogP contribution in [0.25, 0.3) is 0 Å². The number of ether oxygens (including phenoxy) is 1. The SMILES string of the molecule is COC(C)=NC(C)Cc1ccc(C)cc1. The summed E-state index contributed by atoms with van der Waals surface area (Å²) in [6.07, 6.45) is 0.959. The summed E-state index contributed by atoms with van der Waals surface area (Å²) >= 11 is 0. The minimum Gasteiger partial charge on any atom is -0.484 e. The third kappa shape index (κ3) is 4.15. The zero-order valence-corrected chi connectivity index (χ0v) is 9.95. The summed E-state index contributed by atoms with van der Waals surface area (Å²) in [5.41, 5.74) is 2.61. The number of hydrogen-bond acceptors (Lipinski definition) is 2. The summed E-state index contributed by atoms with van der Waals surface area (Å²) in [6.45, 7) is 6.08. The monoisotopic (exact) mass is 205 g/mol. The Morgan fingerprint density at radius 3 is 2.47 bits per heavy atom. The molecule has 2 nitrogen and oxygen atoms in total. The summed E-state index contributed by atoms with van der Waals surface area (Å²) in [4.78, 5) is 4.41. The molecule has 1 atom stereocenters. The van der Waals surface area contributed by atoms with E-state index in [1.54, 1.807) is 7.11 Å². The Balaban J connectivity index is 2.58. The molecule has 0 aliphatic carbocycles. The third-order valence-corrected chi connectivity index (χ3v) is 2.35. The number of aliphatic imine (C=N–C) groups is 1. The van der Waals surface area contributed by atoms with E-state index in [1.165, 1.54) is 11.1 Å². The normalized spacial score (nSPS) is 13.7. The zero-order valence-electron chi connectivity index (χ0n) is 9.95. The van der Waals surface area contributed by atoms with Crippen LogP contribution in [-0.2, 0) is 11.2 Å². The fourth-order valence-electron chi connectivity index (χ4n) is 1.47. The summed E-state index contributed by atoms with van der Waals surface area (Å²) in [5.74, 6) is 0.745. The molecule has 0 N–H and O–H groups in total. The Labute approximate surface area is 92.0 Å². The maximum atomic E-state index is 5.03. The van der Waals surface area contributed by atoms with E-state index in [-0.39, 0.29) is 6.04 Å². The number of hydrogen-bond donors (Lipinski definition) is 0. The number of nitrogens with zero attached hydrogens (tertiary/aromatic N) is 1. The molecule has 0 spiro atoms. The first-order chi connectivity index (χ1) is 7.11. The van der Waals surface area contributed by atoms with Crippen molar-refractivity contribution in [3.63, 3.8) is 0 Å². The predicted molar refractivity (Wildman–Crippen MR) is 64.5 cm³/mol. The highest BCUT2D eigenvalue weighted by Gasteiger charge is 2.02. The molecule has 1 rings (SSSR count). The van der Waals surface area contributed by atoms with Crippen molar-refractivity contribution in [1.82, 2.24) is 0 Å². The molecule has 0 saturated carbocycles. The van der Waals surface area contributed by atoms with Crippen molar-refractivity contribution in [3.8, 4) is 0 Å². The van der Waals surface area contributed by atoms with Crippen LogP contribution in [0.5, 0.6) is 0 Å². The van der Waals surface area contributed by atoms with Gasteiger partial charge in [-0.3, -0.25) is 4.99 Å². The first-order valence-electron chi connectivity index (χ1n) is 5.25. The van der Waals surface area contributed by atoms with Gasteiger partial charge in [0.25, 0.3) is 0 Å². The van der Waals surface area contributed by atoms with E-state index in [1.807, 2.05) is 6.92 Å². The van der Waals surface area contributed by atoms with Gasteiger partial charge in [0.15, 0.2) is 5.90 Å². The smallest absolute Gasteiger partial charge is 0.179 e. The largest absolute Gasteiger partial charge is 0.484 e. The van der Waals surface area contributed by atoms with E-state index < -0.39 is 0 Å². The van der Waals surface area contributed by atoms with Crippen LogP contribution in [0.2, 0.25) is 0 Å². The quantitative estimate of drug-likeness (QED) is 0.549. The Hall–Kier alpha value is -1.31. The zero-order chi connectivity index (χ0) is 11.3. The number of aryl methyl sites for hydroxylation is 1. The van der Waals surface area contributed by atoms with Crippen LogP contribution in [0.3, 0.4) is 0 Å². The molecule has 1 aromatic carbocycles. The molecule has 2 heteroatoms. The molecule has 0 aliphatic rings. The molecule has 1 aromatic rings. The van der Waals surface area contributed by atoms with E-state index in [9.17, 15) is 0 Å². The maximum Gasteiger partial charge on any atom is 0.179 e. The van der Waals surface area contributed by atoms with Crippen molar-refractivity contribution in [2.45, 2.75) is 33.2 Å². The number of benzene rings is 1. The summed E-state index contributed by atoms with van der Waals surface area (Å²) in [6, 6.07) is 8.85. The van der Waals surface area contributed by atoms with E-state index >= 15 is 0 Å². The van der Waals surface area contributed by atoms with Gasteiger partial charge in [-0.05, 0) is 25.8 Å². The van der Waals surface area contributed by atoms with E-state index in [4.69, 9.17) is 4.74 Å². The lowest BCUT2D eigenvalue weighted by Gasteiger charge is -2.08. The predicted octanol–water partition coefficient (Wildman–Crippen LogP) is 2.99. The average molecular weight is 205 g/mol. The number of rotatable bonds is 3. The Bertz CT molecular complexity index is 327. The van der Waals surface area contributed by atoms with Gasteiger partial charge in [0.1, 0.15) is 0 Å². The van der Waals surface area contributed by atoms with Crippen LogP contribution < -0.4 is 0 Å². The van der Waals surface area contributed by atoms with Crippen LogP contribution in [0, 0.1) is 6.92 Å². The second-order valence-corrected chi connectivity index (χ2v) is 3.89. The molecule has 0 bridgehead atoms. The molecule has 0 saturated heterocycles. The van der Waals surface area contributed by atoms with Crippen molar-refractivity contribution < 1.29 is 4.74 Å². The maximum absolute atomic E-state index is 5.03. The molecule has 15 heavy (non-hydrogen) atoms. The average Bonchev–Trinajstić information content (AvgIpc) is 2.21. The van der Waals surface area contributed by atoms with Crippen LogP contribution >= 0.6 is 0 Å². The van der Waals surface area contributed by atoms with Gasteiger partial charge in [-0.2, -0.15) is 0 Å². The molecular weight excluding hydrogens is 186 g/mol. The van der Waals surface area contributed by atoms with E-state index in [2.05, 4.69) is 43.1 Å². The molecular formula is C13H19NO. The van der Waals surface area contributed by atoms with Crippen molar-refractivity contribution in [2.24, 2.45) is 4.99 Å². The second kappa shape index (κ2) is 5.54.